The van der Waals surface area contributed by atoms with Crippen molar-refractivity contribution in [2.75, 3.05) is 19.8 Å². The van der Waals surface area contributed by atoms with Crippen LogP contribution in [0.4, 0.5) is 17.6 Å². The molecule has 1 unspecified atom stereocenters. The van der Waals surface area contributed by atoms with Crippen LogP contribution in [0.15, 0.2) is 12.2 Å². The summed E-state index contributed by atoms with van der Waals surface area (Å²) in [7, 11) is 0. The highest BCUT2D eigenvalue weighted by molar-refractivity contribution is 5.87. The van der Waals surface area contributed by atoms with E-state index in [1.807, 2.05) is 0 Å². The van der Waals surface area contributed by atoms with E-state index in [1.165, 1.54) is 0 Å². The van der Waals surface area contributed by atoms with Gasteiger partial charge in [-0.1, -0.05) is 13.5 Å². The number of alkyl halides is 4. The molecule has 0 aromatic carbocycles. The Morgan fingerprint density at radius 3 is 2.38 bits per heavy atom. The van der Waals surface area contributed by atoms with Gasteiger partial charge < -0.3 is 14.2 Å². The Labute approximate surface area is 139 Å². The molecule has 0 aromatic rings. The predicted octanol–water partition coefficient (Wildman–Crippen LogP) is 3.95. The molecular formula is C16H24F4O4. The fraction of sp³-hybridized carbons (Fsp3) is 0.812. The number of carbonyl (C=O) groups excluding carboxylic acids is 1. The van der Waals surface area contributed by atoms with Crippen LogP contribution < -0.4 is 0 Å². The zero-order chi connectivity index (χ0) is 18.4. The van der Waals surface area contributed by atoms with Gasteiger partial charge in [0, 0.05) is 25.7 Å². The molecule has 1 fully saturated rings. The smallest absolute Gasteiger partial charge is 0.419 e. The van der Waals surface area contributed by atoms with Crippen molar-refractivity contribution in [2.24, 2.45) is 5.92 Å². The van der Waals surface area contributed by atoms with E-state index in [0.717, 1.165) is 0 Å². The van der Waals surface area contributed by atoms with Crippen LogP contribution in [0.5, 0.6) is 0 Å². The summed E-state index contributed by atoms with van der Waals surface area (Å²) in [5.74, 6) is -4.97. The Morgan fingerprint density at radius 1 is 1.29 bits per heavy atom. The molecule has 0 bridgehead atoms. The van der Waals surface area contributed by atoms with E-state index in [-0.39, 0.29) is 24.8 Å². The van der Waals surface area contributed by atoms with Gasteiger partial charge >= 0.3 is 18.0 Å². The highest BCUT2D eigenvalue weighted by Gasteiger charge is 2.54. The van der Waals surface area contributed by atoms with Crippen molar-refractivity contribution in [1.29, 1.82) is 0 Å². The van der Waals surface area contributed by atoms with Crippen molar-refractivity contribution in [3.05, 3.63) is 12.2 Å². The van der Waals surface area contributed by atoms with E-state index in [4.69, 9.17) is 9.47 Å². The maximum atomic E-state index is 13.3. The third-order valence-corrected chi connectivity index (χ3v) is 3.89. The topological polar surface area (TPSA) is 44.8 Å². The third kappa shape index (κ3) is 6.39. The Balaban J connectivity index is 2.69. The SMILES string of the molecule is C=C(CC)C(=O)OC(COC(F)(F)C(C)(F)F)CC1CCOCC1. The minimum atomic E-state index is -4.63. The highest BCUT2D eigenvalue weighted by atomic mass is 19.3. The number of carbonyl (C=O) groups is 1. The maximum Gasteiger partial charge on any atom is 0.419 e. The van der Waals surface area contributed by atoms with Crippen molar-refractivity contribution in [2.45, 2.75) is 57.7 Å². The van der Waals surface area contributed by atoms with Gasteiger partial charge in [0.25, 0.3) is 0 Å². The molecule has 0 aliphatic carbocycles. The van der Waals surface area contributed by atoms with E-state index >= 15 is 0 Å². The Kier molecular flexibility index (Phi) is 7.66. The van der Waals surface area contributed by atoms with Crippen LogP contribution in [0.3, 0.4) is 0 Å². The fourth-order valence-corrected chi connectivity index (χ4v) is 2.21. The first-order valence-corrected chi connectivity index (χ1v) is 7.93. The van der Waals surface area contributed by atoms with Crippen molar-refractivity contribution < 1.29 is 36.6 Å². The Bertz CT molecular complexity index is 428. The number of esters is 1. The summed E-state index contributed by atoms with van der Waals surface area (Å²) in [5.41, 5.74) is 0.180. The summed E-state index contributed by atoms with van der Waals surface area (Å²) in [5, 5.41) is 0. The number of ether oxygens (including phenoxy) is 3. The molecule has 1 aliphatic rings. The summed E-state index contributed by atoms with van der Waals surface area (Å²) in [6.45, 7) is 5.53. The van der Waals surface area contributed by atoms with Gasteiger partial charge in [0.1, 0.15) is 6.10 Å². The molecule has 0 N–H and O–H groups in total. The van der Waals surface area contributed by atoms with Gasteiger partial charge in [-0.25, -0.2) is 4.79 Å². The van der Waals surface area contributed by atoms with Gasteiger partial charge in [-0.3, -0.25) is 0 Å². The monoisotopic (exact) mass is 356 g/mol. The third-order valence-electron chi connectivity index (χ3n) is 3.89. The van der Waals surface area contributed by atoms with E-state index in [9.17, 15) is 22.4 Å². The molecule has 0 amide bonds. The lowest BCUT2D eigenvalue weighted by molar-refractivity contribution is -0.346. The Hall–Kier alpha value is -1.15. The van der Waals surface area contributed by atoms with Crippen molar-refractivity contribution >= 4 is 5.97 Å². The highest BCUT2D eigenvalue weighted by Crippen LogP contribution is 2.35. The standard InChI is InChI=1S/C16H24F4O4/c1-4-11(2)14(21)24-13(9-12-5-7-22-8-6-12)10-23-16(19,20)15(3,17)18/h12-13H,2,4-10H2,1,3H3. The van der Waals surface area contributed by atoms with Crippen LogP contribution in [0.25, 0.3) is 0 Å². The van der Waals surface area contributed by atoms with Crippen LogP contribution in [0, 0.1) is 5.92 Å². The van der Waals surface area contributed by atoms with Crippen molar-refractivity contribution in [3.63, 3.8) is 0 Å². The molecule has 1 rings (SSSR count). The summed E-state index contributed by atoms with van der Waals surface area (Å²) in [6.07, 6.45) is -3.72. The van der Waals surface area contributed by atoms with E-state index in [2.05, 4.69) is 11.3 Å². The van der Waals surface area contributed by atoms with E-state index in [0.29, 0.717) is 32.5 Å². The number of hydrogen-bond donors (Lipinski definition) is 0. The first kappa shape index (κ1) is 20.9. The molecule has 1 saturated heterocycles. The zero-order valence-corrected chi connectivity index (χ0v) is 14.0. The molecular weight excluding hydrogens is 332 g/mol. The lowest BCUT2D eigenvalue weighted by atomic mass is 9.94. The molecule has 140 valence electrons. The van der Waals surface area contributed by atoms with Crippen LogP contribution in [0.2, 0.25) is 0 Å². The molecule has 1 atom stereocenters. The molecule has 24 heavy (non-hydrogen) atoms. The van der Waals surface area contributed by atoms with Crippen molar-refractivity contribution in [3.8, 4) is 0 Å². The second kappa shape index (κ2) is 8.80. The van der Waals surface area contributed by atoms with E-state index in [1.54, 1.807) is 6.92 Å². The molecule has 1 heterocycles. The van der Waals surface area contributed by atoms with Crippen LogP contribution in [0.1, 0.15) is 39.5 Å². The summed E-state index contributed by atoms with van der Waals surface area (Å²) >= 11 is 0. The predicted molar refractivity (Wildman–Crippen MR) is 79.0 cm³/mol. The maximum absolute atomic E-state index is 13.3. The average Bonchev–Trinajstić information content (AvgIpc) is 2.51. The zero-order valence-electron chi connectivity index (χ0n) is 14.0. The summed E-state index contributed by atoms with van der Waals surface area (Å²) in [6, 6.07) is 0. The minimum Gasteiger partial charge on any atom is -0.457 e. The van der Waals surface area contributed by atoms with Crippen LogP contribution in [-0.4, -0.2) is 43.9 Å². The quantitative estimate of drug-likeness (QED) is 0.357. The second-order valence-corrected chi connectivity index (χ2v) is 5.99. The first-order valence-electron chi connectivity index (χ1n) is 7.93. The van der Waals surface area contributed by atoms with Gasteiger partial charge in [0.2, 0.25) is 0 Å². The second-order valence-electron chi connectivity index (χ2n) is 5.99. The minimum absolute atomic E-state index is 0.0748. The lowest BCUT2D eigenvalue weighted by Crippen LogP contribution is -2.42. The molecule has 8 heteroatoms. The van der Waals surface area contributed by atoms with E-state index < -0.39 is 30.7 Å². The van der Waals surface area contributed by atoms with Gasteiger partial charge in [0.15, 0.2) is 0 Å². The van der Waals surface area contributed by atoms with Crippen molar-refractivity contribution in [1.82, 2.24) is 0 Å². The summed E-state index contributed by atoms with van der Waals surface area (Å²) < 4.78 is 66.7. The largest absolute Gasteiger partial charge is 0.457 e. The van der Waals surface area contributed by atoms with Gasteiger partial charge in [-0.15, -0.1) is 0 Å². The molecule has 0 radical (unpaired) electrons. The first-order chi connectivity index (χ1) is 11.1. The average molecular weight is 356 g/mol. The van der Waals surface area contributed by atoms with Crippen LogP contribution >= 0.6 is 0 Å². The van der Waals surface area contributed by atoms with Gasteiger partial charge in [-0.2, -0.15) is 17.6 Å². The molecule has 0 aromatic heterocycles. The van der Waals surface area contributed by atoms with Gasteiger partial charge in [0.05, 0.1) is 6.61 Å². The Morgan fingerprint density at radius 2 is 1.88 bits per heavy atom. The molecule has 0 spiro atoms. The summed E-state index contributed by atoms with van der Waals surface area (Å²) in [4.78, 5) is 11.8. The fourth-order valence-electron chi connectivity index (χ4n) is 2.21. The van der Waals surface area contributed by atoms with Crippen LogP contribution in [-0.2, 0) is 19.0 Å². The number of rotatable bonds is 9. The molecule has 4 nitrogen and oxygen atoms in total. The number of halogens is 4. The lowest BCUT2D eigenvalue weighted by Gasteiger charge is -2.29. The molecule has 0 saturated carbocycles. The normalized spacial score (nSPS) is 18.2. The number of hydrogen-bond acceptors (Lipinski definition) is 4. The van der Waals surface area contributed by atoms with Gasteiger partial charge in [-0.05, 0) is 31.6 Å². The molecule has 1 aliphatic heterocycles.